The Morgan fingerprint density at radius 3 is 2.65 bits per heavy atom. The van der Waals surface area contributed by atoms with Crippen LogP contribution in [-0.4, -0.2) is 41.9 Å². The molecule has 0 aromatic carbocycles. The second kappa shape index (κ2) is 5.99. The number of nitrogens with zero attached hydrogens (tertiary/aromatic N) is 2. The monoisotopic (exact) mass is 310 g/mol. The normalized spacial score (nSPS) is 16.6. The molecule has 6 heteroatoms. The fourth-order valence-corrected chi connectivity index (χ4v) is 3.21. The molecule has 1 amide bonds. The van der Waals surface area contributed by atoms with Crippen LogP contribution >= 0.6 is 22.9 Å². The quantitative estimate of drug-likeness (QED) is 0.874. The number of furan rings is 1. The number of rotatable bonds is 3. The van der Waals surface area contributed by atoms with E-state index in [9.17, 15) is 4.79 Å². The first kappa shape index (κ1) is 13.7. The molecule has 0 spiro atoms. The van der Waals surface area contributed by atoms with Crippen molar-refractivity contribution in [1.82, 2.24) is 9.80 Å². The molecule has 0 saturated carbocycles. The highest BCUT2D eigenvalue weighted by atomic mass is 35.5. The Kier molecular flexibility index (Phi) is 4.10. The van der Waals surface area contributed by atoms with E-state index in [0.717, 1.165) is 32.7 Å². The molecule has 0 atom stereocenters. The lowest BCUT2D eigenvalue weighted by atomic mass is 10.2. The zero-order valence-corrected chi connectivity index (χ0v) is 12.5. The van der Waals surface area contributed by atoms with Gasteiger partial charge in [-0.25, -0.2) is 0 Å². The highest BCUT2D eigenvalue weighted by Crippen LogP contribution is 2.17. The third-order valence-electron chi connectivity index (χ3n) is 3.40. The molecule has 1 aliphatic heterocycles. The van der Waals surface area contributed by atoms with Crippen molar-refractivity contribution in [1.29, 1.82) is 0 Å². The number of hydrogen-bond donors (Lipinski definition) is 0. The number of piperazine rings is 1. The zero-order valence-electron chi connectivity index (χ0n) is 10.9. The van der Waals surface area contributed by atoms with Crippen LogP contribution in [0.4, 0.5) is 0 Å². The van der Waals surface area contributed by atoms with Gasteiger partial charge in [-0.15, -0.1) is 11.3 Å². The first-order chi connectivity index (χ1) is 9.72. The number of carbonyl (C=O) groups excluding carboxylic acids is 1. The Morgan fingerprint density at radius 2 is 2.05 bits per heavy atom. The van der Waals surface area contributed by atoms with Crippen molar-refractivity contribution >= 4 is 28.8 Å². The number of halogens is 1. The molecule has 20 heavy (non-hydrogen) atoms. The minimum atomic E-state index is -0.0762. The molecule has 1 fully saturated rings. The number of thiophene rings is 1. The molecule has 106 valence electrons. The predicted octanol–water partition coefficient (Wildman–Crippen LogP) is 2.95. The molecule has 1 aliphatic rings. The summed E-state index contributed by atoms with van der Waals surface area (Å²) in [4.78, 5) is 17.7. The van der Waals surface area contributed by atoms with E-state index < -0.39 is 0 Å². The molecule has 0 bridgehead atoms. The summed E-state index contributed by atoms with van der Waals surface area (Å²) in [6.45, 7) is 4.19. The average molecular weight is 311 g/mol. The van der Waals surface area contributed by atoms with Crippen molar-refractivity contribution in [2.24, 2.45) is 0 Å². The molecule has 3 heterocycles. The molecule has 4 nitrogen and oxygen atoms in total. The fraction of sp³-hybridized carbons (Fsp3) is 0.357. The van der Waals surface area contributed by atoms with Crippen LogP contribution in [0.3, 0.4) is 0 Å². The van der Waals surface area contributed by atoms with Gasteiger partial charge in [0.25, 0.3) is 5.91 Å². The Labute approximate surface area is 126 Å². The average Bonchev–Trinajstić information content (AvgIpc) is 3.10. The highest BCUT2D eigenvalue weighted by molar-refractivity contribution is 7.09. The van der Waals surface area contributed by atoms with E-state index in [1.165, 1.54) is 4.88 Å². The topological polar surface area (TPSA) is 36.7 Å². The highest BCUT2D eigenvalue weighted by Gasteiger charge is 2.24. The van der Waals surface area contributed by atoms with Gasteiger partial charge >= 0.3 is 0 Å². The molecule has 1 saturated heterocycles. The van der Waals surface area contributed by atoms with Crippen molar-refractivity contribution < 1.29 is 9.21 Å². The van der Waals surface area contributed by atoms with Gasteiger partial charge in [0, 0.05) is 37.6 Å². The van der Waals surface area contributed by atoms with Crippen LogP contribution in [0.1, 0.15) is 15.4 Å². The summed E-state index contributed by atoms with van der Waals surface area (Å²) >= 11 is 7.47. The van der Waals surface area contributed by atoms with Gasteiger partial charge in [-0.1, -0.05) is 6.07 Å². The van der Waals surface area contributed by atoms with E-state index in [4.69, 9.17) is 16.0 Å². The second-order valence-corrected chi connectivity index (χ2v) is 6.16. The van der Waals surface area contributed by atoms with Gasteiger partial charge < -0.3 is 9.32 Å². The predicted molar refractivity (Wildman–Crippen MR) is 79.2 cm³/mol. The maximum atomic E-state index is 12.2. The van der Waals surface area contributed by atoms with E-state index in [0.29, 0.717) is 5.76 Å². The Bertz CT molecular complexity index is 574. The van der Waals surface area contributed by atoms with Crippen molar-refractivity contribution in [2.75, 3.05) is 26.2 Å². The van der Waals surface area contributed by atoms with E-state index in [2.05, 4.69) is 22.4 Å². The van der Waals surface area contributed by atoms with Crippen molar-refractivity contribution in [3.63, 3.8) is 0 Å². The molecule has 2 aromatic heterocycles. The summed E-state index contributed by atoms with van der Waals surface area (Å²) in [6.07, 6.45) is 0. The number of hydrogen-bond acceptors (Lipinski definition) is 4. The lowest BCUT2D eigenvalue weighted by molar-refractivity contribution is 0.0599. The van der Waals surface area contributed by atoms with Gasteiger partial charge in [-0.05, 0) is 35.2 Å². The molecular weight excluding hydrogens is 296 g/mol. The second-order valence-electron chi connectivity index (χ2n) is 4.75. The minimum Gasteiger partial charge on any atom is -0.440 e. The maximum Gasteiger partial charge on any atom is 0.289 e. The van der Waals surface area contributed by atoms with E-state index in [1.54, 1.807) is 23.5 Å². The van der Waals surface area contributed by atoms with Crippen LogP contribution in [-0.2, 0) is 6.54 Å². The maximum absolute atomic E-state index is 12.2. The molecule has 0 aliphatic carbocycles. The summed E-state index contributed by atoms with van der Waals surface area (Å²) in [5, 5.41) is 2.35. The minimum absolute atomic E-state index is 0.0762. The summed E-state index contributed by atoms with van der Waals surface area (Å²) in [5.41, 5.74) is 0. The Hall–Kier alpha value is -1.30. The molecule has 0 radical (unpaired) electrons. The van der Waals surface area contributed by atoms with Gasteiger partial charge in [0.1, 0.15) is 0 Å². The largest absolute Gasteiger partial charge is 0.440 e. The molecular formula is C14H15ClN2O2S. The molecule has 0 N–H and O–H groups in total. The Balaban J connectivity index is 1.54. The van der Waals surface area contributed by atoms with Crippen LogP contribution in [0.2, 0.25) is 5.22 Å². The summed E-state index contributed by atoms with van der Waals surface area (Å²) in [6, 6.07) is 7.44. The van der Waals surface area contributed by atoms with Crippen molar-refractivity contribution in [3.05, 3.63) is 45.5 Å². The van der Waals surface area contributed by atoms with Crippen molar-refractivity contribution in [2.45, 2.75) is 6.54 Å². The lowest BCUT2D eigenvalue weighted by Gasteiger charge is -2.34. The SMILES string of the molecule is O=C(c1ccc(Cl)o1)N1CCN(Cc2cccs2)CC1. The third-order valence-corrected chi connectivity index (χ3v) is 4.47. The summed E-state index contributed by atoms with van der Waals surface area (Å²) in [5.74, 6) is 0.245. The van der Waals surface area contributed by atoms with Gasteiger partial charge in [0.15, 0.2) is 11.0 Å². The van der Waals surface area contributed by atoms with Crippen LogP contribution in [0.15, 0.2) is 34.1 Å². The van der Waals surface area contributed by atoms with Gasteiger partial charge in [0.2, 0.25) is 0 Å². The van der Waals surface area contributed by atoms with Crippen molar-refractivity contribution in [3.8, 4) is 0 Å². The Morgan fingerprint density at radius 1 is 1.25 bits per heavy atom. The fourth-order valence-electron chi connectivity index (χ4n) is 2.32. The van der Waals surface area contributed by atoms with E-state index in [1.807, 2.05) is 4.90 Å². The van der Waals surface area contributed by atoms with Gasteiger partial charge in [-0.2, -0.15) is 0 Å². The molecule has 0 unspecified atom stereocenters. The van der Waals surface area contributed by atoms with Crippen LogP contribution in [0, 0.1) is 0 Å². The smallest absolute Gasteiger partial charge is 0.289 e. The first-order valence-electron chi connectivity index (χ1n) is 6.52. The van der Waals surface area contributed by atoms with Gasteiger partial charge in [-0.3, -0.25) is 9.69 Å². The van der Waals surface area contributed by atoms with Gasteiger partial charge in [0.05, 0.1) is 0 Å². The van der Waals surface area contributed by atoms with E-state index in [-0.39, 0.29) is 11.1 Å². The number of amides is 1. The van der Waals surface area contributed by atoms with E-state index >= 15 is 0 Å². The third kappa shape index (κ3) is 3.06. The lowest BCUT2D eigenvalue weighted by Crippen LogP contribution is -2.48. The van der Waals surface area contributed by atoms with Crippen LogP contribution in [0.5, 0.6) is 0 Å². The molecule has 2 aromatic rings. The first-order valence-corrected chi connectivity index (χ1v) is 7.77. The number of carbonyl (C=O) groups is 1. The standard InChI is InChI=1S/C14H15ClN2O2S/c15-13-4-3-12(19-13)14(18)17-7-5-16(6-8-17)10-11-2-1-9-20-11/h1-4,9H,5-8,10H2. The molecule has 3 rings (SSSR count). The summed E-state index contributed by atoms with van der Waals surface area (Å²) < 4.78 is 5.17. The summed E-state index contributed by atoms with van der Waals surface area (Å²) in [7, 11) is 0. The van der Waals surface area contributed by atoms with Crippen LogP contribution in [0.25, 0.3) is 0 Å². The van der Waals surface area contributed by atoms with Crippen LogP contribution < -0.4 is 0 Å². The zero-order chi connectivity index (χ0) is 13.9.